The zero-order chi connectivity index (χ0) is 17.3. The average Bonchev–Trinajstić information content (AvgIpc) is 2.93. The van der Waals surface area contributed by atoms with Crippen molar-refractivity contribution < 1.29 is 4.79 Å². The van der Waals surface area contributed by atoms with Crippen molar-refractivity contribution in [1.29, 1.82) is 0 Å². The van der Waals surface area contributed by atoms with Crippen molar-refractivity contribution in [2.24, 2.45) is 0 Å². The maximum Gasteiger partial charge on any atom is 0.259 e. The van der Waals surface area contributed by atoms with Gasteiger partial charge in [0.15, 0.2) is 5.82 Å². The van der Waals surface area contributed by atoms with E-state index in [1.165, 1.54) is 0 Å². The third-order valence-electron chi connectivity index (χ3n) is 3.95. The fourth-order valence-electron chi connectivity index (χ4n) is 2.58. The summed E-state index contributed by atoms with van der Waals surface area (Å²) in [7, 11) is 1.77. The van der Waals surface area contributed by atoms with Crippen LogP contribution in [0.4, 0.5) is 5.69 Å². The minimum atomic E-state index is -0.0914. The molecule has 0 radical (unpaired) electrons. The Morgan fingerprint density at radius 1 is 1.04 bits per heavy atom. The van der Waals surface area contributed by atoms with Crippen LogP contribution in [0.3, 0.4) is 0 Å². The summed E-state index contributed by atoms with van der Waals surface area (Å²) in [6, 6.07) is 13.4. The van der Waals surface area contributed by atoms with Crippen molar-refractivity contribution in [3.8, 4) is 5.82 Å². The number of amides is 1. The van der Waals surface area contributed by atoms with Crippen LogP contribution in [0.25, 0.3) is 5.82 Å². The minimum absolute atomic E-state index is 0.0914. The fraction of sp³-hybridized carbons (Fsp3) is 0.211. The zero-order valence-corrected chi connectivity index (χ0v) is 14.3. The molecule has 0 spiro atoms. The van der Waals surface area contributed by atoms with Crippen molar-refractivity contribution in [2.45, 2.75) is 20.8 Å². The Balaban J connectivity index is 1.83. The Bertz CT molecular complexity index is 863. The average molecular weight is 320 g/mol. The van der Waals surface area contributed by atoms with E-state index < -0.39 is 0 Å². The highest BCUT2D eigenvalue weighted by atomic mass is 16.2. The van der Waals surface area contributed by atoms with E-state index in [9.17, 15) is 4.79 Å². The molecule has 3 aromatic rings. The maximum atomic E-state index is 12.6. The lowest BCUT2D eigenvalue weighted by Gasteiger charge is -2.17. The Kier molecular flexibility index (Phi) is 4.16. The molecule has 0 bridgehead atoms. The highest BCUT2D eigenvalue weighted by Gasteiger charge is 2.14. The largest absolute Gasteiger partial charge is 0.311 e. The molecule has 5 heteroatoms. The van der Waals surface area contributed by atoms with Crippen LogP contribution >= 0.6 is 0 Å². The van der Waals surface area contributed by atoms with Gasteiger partial charge in [-0.25, -0.2) is 9.67 Å². The molecule has 0 unspecified atom stereocenters. The second-order valence-electron chi connectivity index (χ2n) is 5.94. The van der Waals surface area contributed by atoms with Gasteiger partial charge in [-0.05, 0) is 51.1 Å². The summed E-state index contributed by atoms with van der Waals surface area (Å²) in [5.74, 6) is 0.612. The number of benzene rings is 1. The molecule has 0 fully saturated rings. The van der Waals surface area contributed by atoms with Crippen LogP contribution in [0, 0.1) is 20.8 Å². The van der Waals surface area contributed by atoms with Crippen molar-refractivity contribution in [3.63, 3.8) is 0 Å². The predicted molar refractivity (Wildman–Crippen MR) is 94.7 cm³/mol. The van der Waals surface area contributed by atoms with Crippen LogP contribution in [0.1, 0.15) is 27.3 Å². The molecule has 0 aliphatic rings. The molecule has 2 heterocycles. The Labute approximate surface area is 141 Å². The van der Waals surface area contributed by atoms with Crippen molar-refractivity contribution >= 4 is 11.6 Å². The molecule has 2 aromatic heterocycles. The molecule has 3 rings (SSSR count). The van der Waals surface area contributed by atoms with Crippen molar-refractivity contribution in [1.82, 2.24) is 14.8 Å². The molecule has 0 N–H and O–H groups in total. The molecule has 5 nitrogen and oxygen atoms in total. The lowest BCUT2D eigenvalue weighted by Crippen LogP contribution is -2.26. The highest BCUT2D eigenvalue weighted by molar-refractivity contribution is 6.05. The summed E-state index contributed by atoms with van der Waals surface area (Å²) >= 11 is 0. The van der Waals surface area contributed by atoms with Gasteiger partial charge in [-0.2, -0.15) is 5.10 Å². The summed E-state index contributed by atoms with van der Waals surface area (Å²) < 4.78 is 1.77. The van der Waals surface area contributed by atoms with E-state index in [0.29, 0.717) is 11.4 Å². The summed E-state index contributed by atoms with van der Waals surface area (Å²) in [6.07, 6.45) is 1.60. The molecular formula is C19H20N4O. The van der Waals surface area contributed by atoms with Gasteiger partial charge >= 0.3 is 0 Å². The van der Waals surface area contributed by atoms with E-state index in [1.54, 1.807) is 28.9 Å². The molecule has 1 aromatic carbocycles. The monoisotopic (exact) mass is 320 g/mol. The van der Waals surface area contributed by atoms with Crippen LogP contribution in [0.15, 0.2) is 48.7 Å². The number of anilines is 1. The number of pyridine rings is 1. The van der Waals surface area contributed by atoms with E-state index in [-0.39, 0.29) is 5.91 Å². The maximum absolute atomic E-state index is 12.6. The van der Waals surface area contributed by atoms with E-state index in [4.69, 9.17) is 0 Å². The molecule has 122 valence electrons. The number of carbonyl (C=O) groups is 1. The summed E-state index contributed by atoms with van der Waals surface area (Å²) in [5, 5.41) is 4.40. The van der Waals surface area contributed by atoms with Gasteiger partial charge < -0.3 is 4.90 Å². The quantitative estimate of drug-likeness (QED) is 0.742. The van der Waals surface area contributed by atoms with Crippen LogP contribution < -0.4 is 4.90 Å². The number of aromatic nitrogens is 3. The van der Waals surface area contributed by atoms with Crippen LogP contribution in [0.2, 0.25) is 0 Å². The van der Waals surface area contributed by atoms with Crippen molar-refractivity contribution in [3.05, 3.63) is 71.2 Å². The first-order valence-electron chi connectivity index (χ1n) is 7.80. The highest BCUT2D eigenvalue weighted by Crippen LogP contribution is 2.17. The molecule has 24 heavy (non-hydrogen) atoms. The van der Waals surface area contributed by atoms with Gasteiger partial charge in [0.2, 0.25) is 0 Å². The Morgan fingerprint density at radius 2 is 1.75 bits per heavy atom. The Hall–Kier alpha value is -2.95. The number of aryl methyl sites for hydroxylation is 3. The molecule has 0 atom stereocenters. The topological polar surface area (TPSA) is 51.0 Å². The number of hydrogen-bond donors (Lipinski definition) is 0. The number of rotatable bonds is 3. The van der Waals surface area contributed by atoms with Gasteiger partial charge in [-0.15, -0.1) is 0 Å². The number of carbonyl (C=O) groups excluding carboxylic acids is 1. The molecule has 0 aliphatic carbocycles. The van der Waals surface area contributed by atoms with E-state index >= 15 is 0 Å². The van der Waals surface area contributed by atoms with Gasteiger partial charge in [0.1, 0.15) is 0 Å². The van der Waals surface area contributed by atoms with Gasteiger partial charge in [-0.1, -0.05) is 17.7 Å². The van der Waals surface area contributed by atoms with Gasteiger partial charge in [0, 0.05) is 24.6 Å². The lowest BCUT2D eigenvalue weighted by atomic mass is 10.2. The number of hydrogen-bond acceptors (Lipinski definition) is 3. The predicted octanol–water partition coefficient (Wildman–Crippen LogP) is 3.47. The first-order valence-corrected chi connectivity index (χ1v) is 7.80. The first-order chi connectivity index (χ1) is 11.5. The smallest absolute Gasteiger partial charge is 0.259 e. The lowest BCUT2D eigenvalue weighted by molar-refractivity contribution is 0.0992. The standard InChI is InChI=1S/C19H20N4O/c1-13-5-8-17(9-6-13)22(4)19(24)16-7-10-18(20-12-16)23-15(3)11-14(2)21-23/h5-12H,1-4H3. The van der Waals surface area contributed by atoms with Crippen LogP contribution in [-0.2, 0) is 0 Å². The number of nitrogens with zero attached hydrogens (tertiary/aromatic N) is 4. The minimum Gasteiger partial charge on any atom is -0.311 e. The zero-order valence-electron chi connectivity index (χ0n) is 14.3. The van der Waals surface area contributed by atoms with Gasteiger partial charge in [0.25, 0.3) is 5.91 Å². The van der Waals surface area contributed by atoms with Crippen LogP contribution in [-0.4, -0.2) is 27.7 Å². The molecule has 0 aliphatic heterocycles. The van der Waals surface area contributed by atoms with Crippen molar-refractivity contribution in [2.75, 3.05) is 11.9 Å². The molecular weight excluding hydrogens is 300 g/mol. The van der Waals surface area contributed by atoms with E-state index in [2.05, 4.69) is 10.1 Å². The third kappa shape index (κ3) is 3.06. The second-order valence-corrected chi connectivity index (χ2v) is 5.94. The van der Waals surface area contributed by atoms with Gasteiger partial charge in [-0.3, -0.25) is 4.79 Å². The summed E-state index contributed by atoms with van der Waals surface area (Å²) in [6.45, 7) is 5.94. The fourth-order valence-corrected chi connectivity index (χ4v) is 2.58. The first kappa shape index (κ1) is 15.9. The Morgan fingerprint density at radius 3 is 2.29 bits per heavy atom. The van der Waals surface area contributed by atoms with Gasteiger partial charge in [0.05, 0.1) is 11.3 Å². The SMILES string of the molecule is Cc1ccc(N(C)C(=O)c2ccc(-n3nc(C)cc3C)nc2)cc1. The molecule has 0 saturated carbocycles. The van der Waals surface area contributed by atoms with E-state index in [1.807, 2.05) is 57.2 Å². The van der Waals surface area contributed by atoms with E-state index in [0.717, 1.165) is 22.6 Å². The second kappa shape index (κ2) is 6.28. The third-order valence-corrected chi connectivity index (χ3v) is 3.95. The van der Waals surface area contributed by atoms with Crippen LogP contribution in [0.5, 0.6) is 0 Å². The normalized spacial score (nSPS) is 10.7. The molecule has 1 amide bonds. The molecule has 0 saturated heterocycles. The summed E-state index contributed by atoms with van der Waals surface area (Å²) in [4.78, 5) is 18.6. The summed E-state index contributed by atoms with van der Waals surface area (Å²) in [5.41, 5.74) is 4.51.